The van der Waals surface area contributed by atoms with E-state index < -0.39 is 0 Å². The first-order valence-corrected chi connectivity index (χ1v) is 11.9. The number of benzene rings is 3. The summed E-state index contributed by atoms with van der Waals surface area (Å²) in [5, 5.41) is 8.77. The lowest BCUT2D eigenvalue weighted by Crippen LogP contribution is -1.97. The standard InChI is InChI=1S/C29H36O2/c30-23-11-6-4-2-1-3-5-7-12-24-31-29-21-19-28(20-22-29)27-17-15-26(16-18-27)25-13-9-8-10-14-25/h8-10,13-22,30H,1-7,11-12,23-24H2. The van der Waals surface area contributed by atoms with E-state index >= 15 is 0 Å². The van der Waals surface area contributed by atoms with Gasteiger partial charge in [-0.2, -0.15) is 0 Å². The van der Waals surface area contributed by atoms with Crippen LogP contribution in [0.4, 0.5) is 0 Å². The van der Waals surface area contributed by atoms with Crippen molar-refractivity contribution in [1.29, 1.82) is 0 Å². The summed E-state index contributed by atoms with van der Waals surface area (Å²) in [5.74, 6) is 0.952. The molecular formula is C29H36O2. The molecule has 0 aliphatic carbocycles. The predicted octanol–water partition coefficient (Wildman–Crippen LogP) is 7.90. The number of ether oxygens (including phenoxy) is 1. The van der Waals surface area contributed by atoms with Gasteiger partial charge in [0.25, 0.3) is 0 Å². The van der Waals surface area contributed by atoms with Crippen LogP contribution in [0.3, 0.4) is 0 Å². The largest absolute Gasteiger partial charge is 0.494 e. The van der Waals surface area contributed by atoms with Crippen LogP contribution in [0.15, 0.2) is 78.9 Å². The first-order chi connectivity index (χ1) is 15.4. The van der Waals surface area contributed by atoms with Crippen LogP contribution in [0.25, 0.3) is 22.3 Å². The van der Waals surface area contributed by atoms with Crippen molar-refractivity contribution in [1.82, 2.24) is 0 Å². The number of aliphatic hydroxyl groups excluding tert-OH is 1. The maximum atomic E-state index is 8.77. The van der Waals surface area contributed by atoms with Crippen LogP contribution in [0.5, 0.6) is 5.75 Å². The van der Waals surface area contributed by atoms with Crippen LogP contribution in [0.2, 0.25) is 0 Å². The molecule has 2 heteroatoms. The van der Waals surface area contributed by atoms with E-state index in [0.29, 0.717) is 6.61 Å². The molecule has 3 aromatic rings. The molecule has 0 amide bonds. The van der Waals surface area contributed by atoms with Gasteiger partial charge < -0.3 is 9.84 Å². The molecule has 0 fully saturated rings. The van der Waals surface area contributed by atoms with E-state index in [-0.39, 0.29) is 0 Å². The molecule has 3 aromatic carbocycles. The molecule has 31 heavy (non-hydrogen) atoms. The second-order valence-electron chi connectivity index (χ2n) is 8.22. The van der Waals surface area contributed by atoms with E-state index in [1.165, 1.54) is 67.2 Å². The number of hydrogen-bond acceptors (Lipinski definition) is 2. The van der Waals surface area contributed by atoms with E-state index in [1.54, 1.807) is 0 Å². The third-order valence-corrected chi connectivity index (χ3v) is 5.75. The number of aliphatic hydroxyl groups is 1. The van der Waals surface area contributed by atoms with Crippen LogP contribution in [0, 0.1) is 0 Å². The summed E-state index contributed by atoms with van der Waals surface area (Å²) < 4.78 is 5.92. The second kappa shape index (κ2) is 13.7. The summed E-state index contributed by atoms with van der Waals surface area (Å²) in [6.07, 6.45) is 11.0. The number of hydrogen-bond donors (Lipinski definition) is 1. The Morgan fingerprint density at radius 1 is 0.452 bits per heavy atom. The molecule has 0 saturated carbocycles. The van der Waals surface area contributed by atoms with Crippen molar-refractivity contribution in [3.63, 3.8) is 0 Å². The minimum atomic E-state index is 0.338. The van der Waals surface area contributed by atoms with Gasteiger partial charge in [0.2, 0.25) is 0 Å². The highest BCUT2D eigenvalue weighted by Gasteiger charge is 2.01. The van der Waals surface area contributed by atoms with Gasteiger partial charge in [0.1, 0.15) is 5.75 Å². The molecule has 0 atom stereocenters. The molecule has 0 spiro atoms. The lowest BCUT2D eigenvalue weighted by atomic mass is 10.0. The lowest BCUT2D eigenvalue weighted by molar-refractivity contribution is 0.282. The van der Waals surface area contributed by atoms with Gasteiger partial charge in [0.05, 0.1) is 6.61 Å². The van der Waals surface area contributed by atoms with Gasteiger partial charge in [0, 0.05) is 6.61 Å². The van der Waals surface area contributed by atoms with Gasteiger partial charge in [-0.25, -0.2) is 0 Å². The summed E-state index contributed by atoms with van der Waals surface area (Å²) in [4.78, 5) is 0. The molecule has 0 bridgehead atoms. The fourth-order valence-electron chi connectivity index (χ4n) is 3.87. The minimum Gasteiger partial charge on any atom is -0.494 e. The van der Waals surface area contributed by atoms with Crippen LogP contribution in [-0.4, -0.2) is 18.3 Å². The fourth-order valence-corrected chi connectivity index (χ4v) is 3.87. The molecule has 164 valence electrons. The summed E-state index contributed by atoms with van der Waals surface area (Å²) >= 11 is 0. The van der Waals surface area contributed by atoms with Gasteiger partial charge in [-0.1, -0.05) is 112 Å². The quantitative estimate of drug-likeness (QED) is 0.271. The first kappa shape index (κ1) is 23.1. The maximum absolute atomic E-state index is 8.77. The molecule has 3 rings (SSSR count). The molecule has 0 saturated heterocycles. The van der Waals surface area contributed by atoms with Gasteiger partial charge in [0.15, 0.2) is 0 Å². The van der Waals surface area contributed by atoms with E-state index in [0.717, 1.165) is 25.2 Å². The number of rotatable bonds is 14. The van der Waals surface area contributed by atoms with E-state index in [4.69, 9.17) is 9.84 Å². The molecule has 0 radical (unpaired) electrons. The highest BCUT2D eigenvalue weighted by molar-refractivity contribution is 5.70. The van der Waals surface area contributed by atoms with Crippen molar-refractivity contribution in [2.45, 2.75) is 57.8 Å². The molecule has 0 unspecified atom stereocenters. The van der Waals surface area contributed by atoms with Crippen molar-refractivity contribution in [3.05, 3.63) is 78.9 Å². The zero-order chi connectivity index (χ0) is 21.6. The summed E-state index contributed by atoms with van der Waals surface area (Å²) in [6, 6.07) is 27.7. The van der Waals surface area contributed by atoms with Crippen molar-refractivity contribution in [3.8, 4) is 28.0 Å². The number of unbranched alkanes of at least 4 members (excludes halogenated alkanes) is 8. The Bertz CT molecular complexity index is 838. The van der Waals surface area contributed by atoms with Crippen molar-refractivity contribution in [2.24, 2.45) is 0 Å². The molecule has 0 aliphatic rings. The van der Waals surface area contributed by atoms with E-state index in [9.17, 15) is 0 Å². The van der Waals surface area contributed by atoms with Gasteiger partial charge in [-0.3, -0.25) is 0 Å². The average Bonchev–Trinajstić information content (AvgIpc) is 2.84. The Balaban J connectivity index is 1.33. The van der Waals surface area contributed by atoms with Gasteiger partial charge >= 0.3 is 0 Å². The highest BCUT2D eigenvalue weighted by atomic mass is 16.5. The SMILES string of the molecule is OCCCCCCCCCCCOc1ccc(-c2ccc(-c3ccccc3)cc2)cc1. The molecule has 2 nitrogen and oxygen atoms in total. The van der Waals surface area contributed by atoms with Crippen LogP contribution in [-0.2, 0) is 0 Å². The van der Waals surface area contributed by atoms with Crippen LogP contribution < -0.4 is 4.74 Å². The maximum Gasteiger partial charge on any atom is 0.119 e. The Morgan fingerprint density at radius 3 is 1.39 bits per heavy atom. The third-order valence-electron chi connectivity index (χ3n) is 5.75. The average molecular weight is 417 g/mol. The summed E-state index contributed by atoms with van der Waals surface area (Å²) in [6.45, 7) is 1.13. The minimum absolute atomic E-state index is 0.338. The lowest BCUT2D eigenvalue weighted by Gasteiger charge is -2.08. The molecule has 0 aromatic heterocycles. The Labute approximate surface area is 187 Å². The topological polar surface area (TPSA) is 29.5 Å². The monoisotopic (exact) mass is 416 g/mol. The van der Waals surface area contributed by atoms with E-state index in [2.05, 4.69) is 72.8 Å². The zero-order valence-electron chi connectivity index (χ0n) is 18.6. The molecular weight excluding hydrogens is 380 g/mol. The smallest absolute Gasteiger partial charge is 0.119 e. The molecule has 1 N–H and O–H groups in total. The summed E-state index contributed by atoms with van der Waals surface area (Å²) in [7, 11) is 0. The van der Waals surface area contributed by atoms with Crippen molar-refractivity contribution >= 4 is 0 Å². The fraction of sp³-hybridized carbons (Fsp3) is 0.379. The zero-order valence-corrected chi connectivity index (χ0v) is 18.6. The third kappa shape index (κ3) is 8.22. The van der Waals surface area contributed by atoms with Crippen molar-refractivity contribution in [2.75, 3.05) is 13.2 Å². The van der Waals surface area contributed by atoms with Gasteiger partial charge in [-0.15, -0.1) is 0 Å². The Kier molecular flexibility index (Phi) is 10.2. The van der Waals surface area contributed by atoms with Crippen LogP contribution >= 0.6 is 0 Å². The predicted molar refractivity (Wildman–Crippen MR) is 131 cm³/mol. The Morgan fingerprint density at radius 2 is 0.871 bits per heavy atom. The highest BCUT2D eigenvalue weighted by Crippen LogP contribution is 2.26. The first-order valence-electron chi connectivity index (χ1n) is 11.9. The molecule has 0 aliphatic heterocycles. The van der Waals surface area contributed by atoms with E-state index in [1.807, 2.05) is 6.07 Å². The normalized spacial score (nSPS) is 10.9. The van der Waals surface area contributed by atoms with Gasteiger partial charge in [-0.05, 0) is 47.2 Å². The van der Waals surface area contributed by atoms with Crippen LogP contribution in [0.1, 0.15) is 57.8 Å². The summed E-state index contributed by atoms with van der Waals surface area (Å²) in [5.41, 5.74) is 4.93. The molecule has 0 heterocycles. The Hall–Kier alpha value is -2.58. The second-order valence-corrected chi connectivity index (χ2v) is 8.22. The van der Waals surface area contributed by atoms with Crippen molar-refractivity contribution < 1.29 is 9.84 Å².